The van der Waals surface area contributed by atoms with Gasteiger partial charge in [0.1, 0.15) is 0 Å². The maximum atomic E-state index is 10.9. The molecule has 0 unspecified atom stereocenters. The first-order chi connectivity index (χ1) is 9.19. The highest BCUT2D eigenvalue weighted by Crippen LogP contribution is 2.26. The molecule has 1 aromatic rings. The van der Waals surface area contributed by atoms with E-state index in [1.165, 1.54) is 0 Å². The molecule has 0 spiro atoms. The molecule has 0 aliphatic heterocycles. The molecular weight excluding hydrogens is 242 g/mol. The van der Waals surface area contributed by atoms with Gasteiger partial charge >= 0.3 is 0 Å². The Morgan fingerprint density at radius 2 is 1.84 bits per heavy atom. The summed E-state index contributed by atoms with van der Waals surface area (Å²) in [6.07, 6.45) is 4.41. The molecule has 0 radical (unpaired) electrons. The summed E-state index contributed by atoms with van der Waals surface area (Å²) < 4.78 is 5.86. The molecule has 0 bridgehead atoms. The molecule has 1 aliphatic rings. The topological polar surface area (TPSA) is 72.6 Å². The van der Waals surface area contributed by atoms with Crippen LogP contribution in [0.3, 0.4) is 0 Å². The van der Waals surface area contributed by atoms with Crippen molar-refractivity contribution in [1.29, 1.82) is 0 Å². The van der Waals surface area contributed by atoms with Crippen LogP contribution in [0, 0.1) is 5.92 Å². The molecule has 4 heteroatoms. The van der Waals surface area contributed by atoms with E-state index in [2.05, 4.69) is 0 Å². The molecule has 1 aromatic carbocycles. The summed E-state index contributed by atoms with van der Waals surface area (Å²) in [4.78, 5) is 10.9. The van der Waals surface area contributed by atoms with E-state index < -0.39 is 5.91 Å². The van der Waals surface area contributed by atoms with E-state index in [-0.39, 0.29) is 0 Å². The Hall–Kier alpha value is -1.39. The Kier molecular flexibility index (Phi) is 4.93. The lowest BCUT2D eigenvalue weighted by atomic mass is 9.88. The van der Waals surface area contributed by atoms with Gasteiger partial charge in [-0.2, -0.15) is 0 Å². The number of carbonyl (C=O) groups excluding carboxylic acids is 1. The lowest BCUT2D eigenvalue weighted by Gasteiger charge is -2.27. The minimum atomic E-state index is -0.408. The molecule has 19 heavy (non-hydrogen) atoms. The first-order valence-corrected chi connectivity index (χ1v) is 6.80. The van der Waals surface area contributed by atoms with Crippen LogP contribution in [0.2, 0.25) is 0 Å². The lowest BCUT2D eigenvalue weighted by Crippen LogP contribution is -2.23. The van der Waals surface area contributed by atoms with Gasteiger partial charge in [0.25, 0.3) is 0 Å². The molecule has 0 heterocycles. The number of ether oxygens (including phenoxy) is 1. The number of hydrogen-bond donors (Lipinski definition) is 2. The van der Waals surface area contributed by atoms with Crippen molar-refractivity contribution in [3.63, 3.8) is 0 Å². The van der Waals surface area contributed by atoms with Crippen molar-refractivity contribution in [3.8, 4) is 0 Å². The molecule has 3 N–H and O–H groups in total. The second kappa shape index (κ2) is 6.68. The van der Waals surface area contributed by atoms with Crippen molar-refractivity contribution < 1.29 is 14.6 Å². The molecule has 0 aromatic heterocycles. The number of benzene rings is 1. The van der Waals surface area contributed by atoms with E-state index in [4.69, 9.17) is 15.6 Å². The summed E-state index contributed by atoms with van der Waals surface area (Å²) in [6.45, 7) is 0.856. The molecule has 2 rings (SSSR count). The second-order valence-electron chi connectivity index (χ2n) is 5.20. The van der Waals surface area contributed by atoms with Crippen molar-refractivity contribution in [1.82, 2.24) is 0 Å². The van der Waals surface area contributed by atoms with Gasteiger partial charge in [-0.3, -0.25) is 4.79 Å². The van der Waals surface area contributed by atoms with E-state index in [9.17, 15) is 4.79 Å². The summed E-state index contributed by atoms with van der Waals surface area (Å²) in [7, 11) is 0. The van der Waals surface area contributed by atoms with Crippen LogP contribution in [-0.2, 0) is 11.3 Å². The van der Waals surface area contributed by atoms with Gasteiger partial charge in [-0.05, 0) is 49.3 Å². The standard InChI is InChI=1S/C15H21NO3/c16-15(18)13-5-1-12(2-6-13)10-19-14-7-3-11(9-17)4-8-14/h1-2,5-6,11,14,17H,3-4,7-10H2,(H2,16,18). The third-order valence-corrected chi connectivity index (χ3v) is 3.78. The second-order valence-corrected chi connectivity index (χ2v) is 5.20. The predicted octanol–water partition coefficient (Wildman–Crippen LogP) is 1.85. The van der Waals surface area contributed by atoms with Gasteiger partial charge < -0.3 is 15.6 Å². The van der Waals surface area contributed by atoms with Crippen LogP contribution in [0.15, 0.2) is 24.3 Å². The first kappa shape index (κ1) is 14.0. The Labute approximate surface area is 113 Å². The number of aliphatic hydroxyl groups excluding tert-OH is 1. The van der Waals surface area contributed by atoms with Crippen molar-refractivity contribution in [3.05, 3.63) is 35.4 Å². The van der Waals surface area contributed by atoms with Crippen molar-refractivity contribution >= 4 is 5.91 Å². The predicted molar refractivity (Wildman–Crippen MR) is 72.6 cm³/mol. The van der Waals surface area contributed by atoms with E-state index in [0.29, 0.717) is 30.8 Å². The fourth-order valence-corrected chi connectivity index (χ4v) is 2.46. The number of rotatable bonds is 5. The summed E-state index contributed by atoms with van der Waals surface area (Å²) in [5.41, 5.74) is 6.76. The highest BCUT2D eigenvalue weighted by Gasteiger charge is 2.20. The smallest absolute Gasteiger partial charge is 0.248 e. The minimum Gasteiger partial charge on any atom is -0.396 e. The number of hydrogen-bond acceptors (Lipinski definition) is 3. The summed E-state index contributed by atoms with van der Waals surface area (Å²) in [6, 6.07) is 7.20. The van der Waals surface area contributed by atoms with Crippen LogP contribution < -0.4 is 5.73 Å². The number of carbonyl (C=O) groups is 1. The summed E-state index contributed by atoms with van der Waals surface area (Å²) >= 11 is 0. The SMILES string of the molecule is NC(=O)c1ccc(COC2CCC(CO)CC2)cc1. The van der Waals surface area contributed by atoms with Gasteiger partial charge in [0.05, 0.1) is 12.7 Å². The van der Waals surface area contributed by atoms with Gasteiger partial charge in [-0.15, -0.1) is 0 Å². The lowest BCUT2D eigenvalue weighted by molar-refractivity contribution is 0.00119. The quantitative estimate of drug-likeness (QED) is 0.851. The fourth-order valence-electron chi connectivity index (χ4n) is 2.46. The Balaban J connectivity index is 1.78. The molecule has 0 atom stereocenters. The van der Waals surface area contributed by atoms with Crippen LogP contribution in [0.25, 0.3) is 0 Å². The van der Waals surface area contributed by atoms with Gasteiger partial charge in [0.15, 0.2) is 0 Å². The molecule has 1 fully saturated rings. The zero-order valence-corrected chi connectivity index (χ0v) is 11.0. The zero-order valence-electron chi connectivity index (χ0n) is 11.0. The van der Waals surface area contributed by atoms with Crippen LogP contribution in [-0.4, -0.2) is 23.7 Å². The average Bonchev–Trinajstić information content (AvgIpc) is 2.46. The Morgan fingerprint density at radius 3 is 2.37 bits per heavy atom. The van der Waals surface area contributed by atoms with Crippen LogP contribution in [0.1, 0.15) is 41.6 Å². The van der Waals surface area contributed by atoms with Gasteiger partial charge in [0.2, 0.25) is 5.91 Å². The maximum absolute atomic E-state index is 10.9. The van der Waals surface area contributed by atoms with Crippen LogP contribution in [0.4, 0.5) is 0 Å². The maximum Gasteiger partial charge on any atom is 0.248 e. The number of nitrogens with two attached hydrogens (primary N) is 1. The Morgan fingerprint density at radius 1 is 1.21 bits per heavy atom. The number of aliphatic hydroxyl groups is 1. The van der Waals surface area contributed by atoms with E-state index in [0.717, 1.165) is 31.2 Å². The van der Waals surface area contributed by atoms with Gasteiger partial charge in [-0.1, -0.05) is 12.1 Å². The Bertz CT molecular complexity index is 408. The average molecular weight is 263 g/mol. The molecule has 0 saturated heterocycles. The zero-order chi connectivity index (χ0) is 13.7. The molecule has 1 saturated carbocycles. The van der Waals surface area contributed by atoms with Crippen LogP contribution >= 0.6 is 0 Å². The van der Waals surface area contributed by atoms with E-state index in [1.54, 1.807) is 12.1 Å². The highest BCUT2D eigenvalue weighted by atomic mass is 16.5. The third-order valence-electron chi connectivity index (χ3n) is 3.78. The number of primary amides is 1. The first-order valence-electron chi connectivity index (χ1n) is 6.80. The molecule has 1 amide bonds. The number of amides is 1. The monoisotopic (exact) mass is 263 g/mol. The largest absolute Gasteiger partial charge is 0.396 e. The van der Waals surface area contributed by atoms with Crippen molar-refractivity contribution in [2.75, 3.05) is 6.61 Å². The van der Waals surface area contributed by atoms with Crippen LogP contribution in [0.5, 0.6) is 0 Å². The van der Waals surface area contributed by atoms with E-state index >= 15 is 0 Å². The highest BCUT2D eigenvalue weighted by molar-refractivity contribution is 5.92. The molecular formula is C15H21NO3. The minimum absolute atomic E-state index is 0.290. The summed E-state index contributed by atoms with van der Waals surface area (Å²) in [5.74, 6) is 0.0458. The molecule has 1 aliphatic carbocycles. The molecule has 104 valence electrons. The normalized spacial score (nSPS) is 23.2. The van der Waals surface area contributed by atoms with Gasteiger partial charge in [-0.25, -0.2) is 0 Å². The van der Waals surface area contributed by atoms with Crippen molar-refractivity contribution in [2.24, 2.45) is 11.7 Å². The van der Waals surface area contributed by atoms with E-state index in [1.807, 2.05) is 12.1 Å². The summed E-state index contributed by atoms with van der Waals surface area (Å²) in [5, 5.41) is 9.08. The third kappa shape index (κ3) is 4.04. The van der Waals surface area contributed by atoms with Gasteiger partial charge in [0, 0.05) is 12.2 Å². The van der Waals surface area contributed by atoms with Crippen molar-refractivity contribution in [2.45, 2.75) is 38.4 Å². The molecule has 4 nitrogen and oxygen atoms in total. The fraction of sp³-hybridized carbons (Fsp3) is 0.533.